The van der Waals surface area contributed by atoms with Crippen LogP contribution >= 0.6 is 15.9 Å². The van der Waals surface area contributed by atoms with Gasteiger partial charge in [0.25, 0.3) is 0 Å². The van der Waals surface area contributed by atoms with Crippen molar-refractivity contribution in [2.24, 2.45) is 0 Å². The number of anilines is 1. The lowest BCUT2D eigenvalue weighted by atomic mass is 10.1. The Kier molecular flexibility index (Phi) is 5.21. The summed E-state index contributed by atoms with van der Waals surface area (Å²) in [6.45, 7) is 3.91. The molecule has 0 saturated heterocycles. The lowest BCUT2D eigenvalue weighted by molar-refractivity contribution is 0.402. The van der Waals surface area contributed by atoms with Gasteiger partial charge in [-0.3, -0.25) is 0 Å². The molecule has 1 N–H and O–H groups in total. The third kappa shape index (κ3) is 4.36. The SMILES string of the molecule is Cc1ccc(CNc2ccc(CN(C)C)cc2)c(Br)c1. The van der Waals surface area contributed by atoms with Gasteiger partial charge in [-0.15, -0.1) is 0 Å². The van der Waals surface area contributed by atoms with E-state index in [0.717, 1.165) is 23.2 Å². The molecule has 2 aromatic rings. The Morgan fingerprint density at radius 1 is 1.05 bits per heavy atom. The predicted molar refractivity (Wildman–Crippen MR) is 90.0 cm³/mol. The molecule has 0 spiro atoms. The Bertz CT molecular complexity index is 562. The fraction of sp³-hybridized carbons (Fsp3) is 0.294. The Hall–Kier alpha value is -1.32. The maximum Gasteiger partial charge on any atom is 0.0411 e. The molecule has 0 bridgehead atoms. The third-order valence-electron chi connectivity index (χ3n) is 3.14. The van der Waals surface area contributed by atoms with E-state index in [9.17, 15) is 0 Å². The minimum atomic E-state index is 0.827. The fourth-order valence-corrected chi connectivity index (χ4v) is 2.72. The summed E-state index contributed by atoms with van der Waals surface area (Å²) >= 11 is 3.61. The molecule has 2 aromatic carbocycles. The van der Waals surface area contributed by atoms with Gasteiger partial charge in [-0.2, -0.15) is 0 Å². The van der Waals surface area contributed by atoms with E-state index in [1.807, 2.05) is 0 Å². The largest absolute Gasteiger partial charge is 0.381 e. The van der Waals surface area contributed by atoms with Gasteiger partial charge in [0.15, 0.2) is 0 Å². The van der Waals surface area contributed by atoms with E-state index in [1.165, 1.54) is 16.7 Å². The van der Waals surface area contributed by atoms with E-state index in [-0.39, 0.29) is 0 Å². The van der Waals surface area contributed by atoms with Crippen molar-refractivity contribution in [3.63, 3.8) is 0 Å². The van der Waals surface area contributed by atoms with Crippen LogP contribution in [0.4, 0.5) is 5.69 Å². The molecule has 0 unspecified atom stereocenters. The van der Waals surface area contributed by atoms with Gasteiger partial charge >= 0.3 is 0 Å². The summed E-state index contributed by atoms with van der Waals surface area (Å²) in [5, 5.41) is 3.46. The van der Waals surface area contributed by atoms with Crippen molar-refractivity contribution in [2.45, 2.75) is 20.0 Å². The van der Waals surface area contributed by atoms with Gasteiger partial charge in [0.1, 0.15) is 0 Å². The number of nitrogens with one attached hydrogen (secondary N) is 1. The molecule has 20 heavy (non-hydrogen) atoms. The smallest absolute Gasteiger partial charge is 0.0411 e. The second kappa shape index (κ2) is 6.91. The number of benzene rings is 2. The predicted octanol–water partition coefficient (Wildman–Crippen LogP) is 4.43. The maximum absolute atomic E-state index is 3.61. The molecule has 0 amide bonds. The Morgan fingerprint density at radius 2 is 1.75 bits per heavy atom. The van der Waals surface area contributed by atoms with Crippen LogP contribution in [-0.2, 0) is 13.1 Å². The van der Waals surface area contributed by atoms with E-state index < -0.39 is 0 Å². The zero-order chi connectivity index (χ0) is 14.5. The summed E-state index contributed by atoms with van der Waals surface area (Å²) in [6, 6.07) is 15.1. The Morgan fingerprint density at radius 3 is 2.35 bits per heavy atom. The van der Waals surface area contributed by atoms with Crippen LogP contribution < -0.4 is 5.32 Å². The zero-order valence-electron chi connectivity index (χ0n) is 12.3. The molecular weight excluding hydrogens is 312 g/mol. The Balaban J connectivity index is 1.96. The molecule has 0 radical (unpaired) electrons. The number of hydrogen-bond donors (Lipinski definition) is 1. The highest BCUT2D eigenvalue weighted by atomic mass is 79.9. The zero-order valence-corrected chi connectivity index (χ0v) is 13.9. The molecule has 0 aromatic heterocycles. The first kappa shape index (κ1) is 15.1. The summed E-state index contributed by atoms with van der Waals surface area (Å²) in [6.07, 6.45) is 0. The highest BCUT2D eigenvalue weighted by Crippen LogP contribution is 2.20. The van der Waals surface area contributed by atoms with Crippen LogP contribution in [0.25, 0.3) is 0 Å². The molecule has 2 nitrogen and oxygen atoms in total. The van der Waals surface area contributed by atoms with Crippen LogP contribution in [0.2, 0.25) is 0 Å². The van der Waals surface area contributed by atoms with Crippen LogP contribution in [-0.4, -0.2) is 19.0 Å². The van der Waals surface area contributed by atoms with E-state index in [1.54, 1.807) is 0 Å². The monoisotopic (exact) mass is 332 g/mol. The summed E-state index contributed by atoms with van der Waals surface area (Å²) < 4.78 is 1.16. The van der Waals surface area contributed by atoms with Crippen molar-refractivity contribution in [2.75, 3.05) is 19.4 Å². The summed E-state index contributed by atoms with van der Waals surface area (Å²) in [4.78, 5) is 2.17. The van der Waals surface area contributed by atoms with Gasteiger partial charge in [-0.25, -0.2) is 0 Å². The van der Waals surface area contributed by atoms with Gasteiger partial charge in [-0.1, -0.05) is 40.2 Å². The van der Waals surface area contributed by atoms with Gasteiger partial charge in [0.2, 0.25) is 0 Å². The molecule has 0 aliphatic rings. The van der Waals surface area contributed by atoms with Crippen LogP contribution in [0.3, 0.4) is 0 Å². The van der Waals surface area contributed by atoms with E-state index >= 15 is 0 Å². The topological polar surface area (TPSA) is 15.3 Å². The minimum Gasteiger partial charge on any atom is -0.381 e. The first-order valence-electron chi connectivity index (χ1n) is 6.77. The van der Waals surface area contributed by atoms with Crippen molar-refractivity contribution in [3.8, 4) is 0 Å². The van der Waals surface area contributed by atoms with Crippen LogP contribution in [0.1, 0.15) is 16.7 Å². The molecule has 0 aliphatic carbocycles. The molecular formula is C17H21BrN2. The quantitative estimate of drug-likeness (QED) is 0.871. The Labute approximate surface area is 129 Å². The number of nitrogens with zero attached hydrogens (tertiary/aromatic N) is 1. The third-order valence-corrected chi connectivity index (χ3v) is 3.88. The average molecular weight is 333 g/mol. The van der Waals surface area contributed by atoms with Gasteiger partial charge < -0.3 is 10.2 Å². The number of aryl methyl sites for hydroxylation is 1. The second-order valence-corrected chi connectivity index (χ2v) is 6.24. The van der Waals surface area contributed by atoms with Crippen molar-refractivity contribution >= 4 is 21.6 Å². The van der Waals surface area contributed by atoms with Gasteiger partial charge in [0, 0.05) is 23.2 Å². The lowest BCUT2D eigenvalue weighted by Crippen LogP contribution is -2.10. The first-order chi connectivity index (χ1) is 9.54. The second-order valence-electron chi connectivity index (χ2n) is 5.38. The van der Waals surface area contributed by atoms with E-state index in [0.29, 0.717) is 0 Å². The number of hydrogen-bond acceptors (Lipinski definition) is 2. The molecule has 0 aliphatic heterocycles. The molecule has 3 heteroatoms. The van der Waals surface area contributed by atoms with E-state index in [4.69, 9.17) is 0 Å². The average Bonchev–Trinajstić information content (AvgIpc) is 2.39. The summed E-state index contributed by atoms with van der Waals surface area (Å²) in [7, 11) is 4.17. The summed E-state index contributed by atoms with van der Waals surface area (Å²) in [5.41, 5.74) is 5.03. The molecule has 2 rings (SSSR count). The highest BCUT2D eigenvalue weighted by molar-refractivity contribution is 9.10. The number of halogens is 1. The fourth-order valence-electron chi connectivity index (χ4n) is 2.09. The maximum atomic E-state index is 3.61. The standard InChI is InChI=1S/C17H21BrN2/c1-13-4-7-15(17(18)10-13)11-19-16-8-5-14(6-9-16)12-20(2)3/h4-10,19H,11-12H2,1-3H3. The highest BCUT2D eigenvalue weighted by Gasteiger charge is 2.01. The molecule has 0 fully saturated rings. The van der Waals surface area contributed by atoms with Crippen LogP contribution in [0, 0.1) is 6.92 Å². The normalized spacial score (nSPS) is 10.8. The van der Waals surface area contributed by atoms with Crippen LogP contribution in [0.5, 0.6) is 0 Å². The van der Waals surface area contributed by atoms with E-state index in [2.05, 4.69) is 89.6 Å². The van der Waals surface area contributed by atoms with Crippen molar-refractivity contribution in [1.82, 2.24) is 4.90 Å². The van der Waals surface area contributed by atoms with Crippen molar-refractivity contribution in [3.05, 3.63) is 63.6 Å². The van der Waals surface area contributed by atoms with Crippen molar-refractivity contribution in [1.29, 1.82) is 0 Å². The molecule has 0 saturated carbocycles. The molecule has 106 valence electrons. The summed E-state index contributed by atoms with van der Waals surface area (Å²) in [5.74, 6) is 0. The van der Waals surface area contributed by atoms with Gasteiger partial charge in [0.05, 0.1) is 0 Å². The number of rotatable bonds is 5. The van der Waals surface area contributed by atoms with Crippen molar-refractivity contribution < 1.29 is 0 Å². The van der Waals surface area contributed by atoms with Crippen LogP contribution in [0.15, 0.2) is 46.9 Å². The van der Waals surface area contributed by atoms with Gasteiger partial charge in [-0.05, 0) is 55.9 Å². The first-order valence-corrected chi connectivity index (χ1v) is 7.56. The molecule has 0 heterocycles. The molecule has 0 atom stereocenters. The lowest BCUT2D eigenvalue weighted by Gasteiger charge is -2.12. The minimum absolute atomic E-state index is 0.827.